The van der Waals surface area contributed by atoms with Crippen LogP contribution in [0.1, 0.15) is 54.0 Å². The molecule has 218 valence electrons. The lowest BCUT2D eigenvalue weighted by molar-refractivity contribution is -0.141. The lowest BCUT2D eigenvalue weighted by atomic mass is 9.88. The number of methoxy groups -OCH3 is 1. The highest BCUT2D eigenvalue weighted by Gasteiger charge is 2.41. The molecule has 0 saturated carbocycles. The zero-order chi connectivity index (χ0) is 29.0. The van der Waals surface area contributed by atoms with Gasteiger partial charge in [-0.2, -0.15) is 0 Å². The lowest BCUT2D eigenvalue weighted by Crippen LogP contribution is -2.44. The van der Waals surface area contributed by atoms with Crippen molar-refractivity contribution in [3.63, 3.8) is 0 Å². The third-order valence-electron chi connectivity index (χ3n) is 7.96. The topological polar surface area (TPSA) is 72.5 Å². The Kier molecular flexibility index (Phi) is 8.85. The van der Waals surface area contributed by atoms with Crippen molar-refractivity contribution in [2.24, 2.45) is 0 Å². The fraction of sp³-hybridized carbons (Fsp3) is 0.441. The molecule has 1 unspecified atom stereocenters. The third kappa shape index (κ3) is 6.21. The van der Waals surface area contributed by atoms with Crippen LogP contribution in [-0.2, 0) is 32.0 Å². The van der Waals surface area contributed by atoms with E-state index in [1.807, 2.05) is 32.0 Å². The number of hydrogen-bond donors (Lipinski definition) is 0. The Balaban J connectivity index is 1.32. The first-order valence-corrected chi connectivity index (χ1v) is 14.4. The fourth-order valence-corrected chi connectivity index (χ4v) is 5.90. The molecule has 0 aliphatic carbocycles. The molecule has 0 bridgehead atoms. The number of carbonyl (C=O) groups is 1. The van der Waals surface area contributed by atoms with E-state index < -0.39 is 5.60 Å². The van der Waals surface area contributed by atoms with Crippen LogP contribution in [0.3, 0.4) is 0 Å². The van der Waals surface area contributed by atoms with E-state index in [4.69, 9.17) is 28.4 Å². The number of carbonyl (C=O) groups excluding carboxylic acids is 1. The van der Waals surface area contributed by atoms with E-state index in [0.29, 0.717) is 46.1 Å². The van der Waals surface area contributed by atoms with Gasteiger partial charge in [0.05, 0.1) is 33.4 Å². The van der Waals surface area contributed by atoms with Crippen molar-refractivity contribution in [1.29, 1.82) is 0 Å². The van der Waals surface area contributed by atoms with Gasteiger partial charge in [-0.25, -0.2) is 0 Å². The summed E-state index contributed by atoms with van der Waals surface area (Å²) in [5.74, 6) is 2.20. The van der Waals surface area contributed by atoms with E-state index in [-0.39, 0.29) is 11.9 Å². The predicted molar refractivity (Wildman–Crippen MR) is 157 cm³/mol. The van der Waals surface area contributed by atoms with Gasteiger partial charge in [0.25, 0.3) is 0 Å². The number of rotatable bonds is 12. The number of benzene rings is 3. The Hall–Kier alpha value is -3.55. The minimum absolute atomic E-state index is 0.0101. The lowest BCUT2D eigenvalue weighted by Gasteiger charge is -2.28. The normalized spacial score (nSPS) is 16.5. The number of hydrogen-bond acceptors (Lipinski definition) is 7. The molecular weight excluding hydrogens is 520 g/mol. The summed E-state index contributed by atoms with van der Waals surface area (Å²) in [4.78, 5) is 11.7. The first-order chi connectivity index (χ1) is 19.9. The van der Waals surface area contributed by atoms with Crippen molar-refractivity contribution >= 4 is 5.97 Å². The minimum Gasteiger partial charge on any atom is -0.492 e. The van der Waals surface area contributed by atoms with Crippen molar-refractivity contribution in [3.8, 4) is 28.4 Å². The Morgan fingerprint density at radius 1 is 1.00 bits per heavy atom. The van der Waals surface area contributed by atoms with Crippen LogP contribution in [0.2, 0.25) is 0 Å². The van der Waals surface area contributed by atoms with Gasteiger partial charge in [0.15, 0.2) is 5.60 Å². The van der Waals surface area contributed by atoms with E-state index in [1.54, 1.807) is 0 Å². The van der Waals surface area contributed by atoms with Gasteiger partial charge in [0, 0.05) is 42.7 Å². The largest absolute Gasteiger partial charge is 0.492 e. The zero-order valence-electron chi connectivity index (χ0n) is 24.7. The summed E-state index contributed by atoms with van der Waals surface area (Å²) in [6.45, 7) is 11.5. The first-order valence-electron chi connectivity index (χ1n) is 14.4. The maximum Gasteiger partial charge on any atom is 0.306 e. The van der Waals surface area contributed by atoms with Crippen molar-refractivity contribution < 1.29 is 33.2 Å². The van der Waals surface area contributed by atoms with Crippen molar-refractivity contribution in [2.45, 2.75) is 58.7 Å². The maximum absolute atomic E-state index is 11.7. The van der Waals surface area contributed by atoms with Gasteiger partial charge in [-0.15, -0.1) is 0 Å². The third-order valence-corrected chi connectivity index (χ3v) is 7.96. The molecular formula is C34H40O7. The Morgan fingerprint density at radius 2 is 1.78 bits per heavy atom. The van der Waals surface area contributed by atoms with E-state index in [2.05, 4.69) is 44.2 Å². The minimum atomic E-state index is -0.501. The molecule has 0 saturated heterocycles. The number of ether oxygens (including phenoxy) is 6. The van der Waals surface area contributed by atoms with Gasteiger partial charge in [-0.3, -0.25) is 4.79 Å². The highest BCUT2D eigenvalue weighted by atomic mass is 16.6. The predicted octanol–water partition coefficient (Wildman–Crippen LogP) is 6.34. The first kappa shape index (κ1) is 29.0. The molecule has 3 aromatic rings. The van der Waals surface area contributed by atoms with Gasteiger partial charge in [0.2, 0.25) is 0 Å². The Labute approximate surface area is 242 Å². The molecule has 5 rings (SSSR count). The van der Waals surface area contributed by atoms with Crippen LogP contribution >= 0.6 is 0 Å². The molecule has 1 atom stereocenters. The molecule has 0 spiro atoms. The second-order valence-electron chi connectivity index (χ2n) is 10.9. The summed E-state index contributed by atoms with van der Waals surface area (Å²) < 4.78 is 35.0. The zero-order valence-corrected chi connectivity index (χ0v) is 24.7. The van der Waals surface area contributed by atoms with Gasteiger partial charge >= 0.3 is 5.97 Å². The van der Waals surface area contributed by atoms with Crippen LogP contribution in [-0.4, -0.2) is 51.7 Å². The molecule has 0 fully saturated rings. The number of fused-ring (bicyclic) bond motifs is 2. The van der Waals surface area contributed by atoms with Gasteiger partial charge in [-0.05, 0) is 73.7 Å². The summed E-state index contributed by atoms with van der Waals surface area (Å²) in [7, 11) is 1.41. The van der Waals surface area contributed by atoms with Crippen LogP contribution in [0.15, 0.2) is 48.5 Å². The molecule has 3 aromatic carbocycles. The standard InChI is InChI=1S/C34H40O7/c1-6-37-20-34(21-38-7-2)17-29-23(4)33(22(3)13-31(29)41-34)25-10-8-9-24(14-25)18-39-27-11-12-28-26(15-32(35)36-5)19-40-30(28)16-27/h8-14,16,26H,6-7,15,17-21H2,1-5H3. The van der Waals surface area contributed by atoms with Gasteiger partial charge in [0.1, 0.15) is 23.9 Å². The molecule has 2 heterocycles. The van der Waals surface area contributed by atoms with Crippen molar-refractivity contribution in [3.05, 3.63) is 76.3 Å². The quantitative estimate of drug-likeness (QED) is 0.240. The average molecular weight is 561 g/mol. The summed E-state index contributed by atoms with van der Waals surface area (Å²) in [6, 6.07) is 16.5. The summed E-state index contributed by atoms with van der Waals surface area (Å²) in [5, 5.41) is 0. The summed E-state index contributed by atoms with van der Waals surface area (Å²) in [5.41, 5.74) is 7.58. The molecule has 0 amide bonds. The van der Waals surface area contributed by atoms with Crippen LogP contribution in [0.4, 0.5) is 0 Å². The van der Waals surface area contributed by atoms with Crippen LogP contribution in [0.5, 0.6) is 17.2 Å². The highest BCUT2D eigenvalue weighted by Crippen LogP contribution is 2.43. The molecule has 0 aromatic heterocycles. The SMILES string of the molecule is CCOCC1(COCC)Cc2c(cc(C)c(-c3cccc(COc4ccc5c(c4)OCC5CC(=O)OC)c3)c2C)O1. The van der Waals surface area contributed by atoms with Crippen LogP contribution in [0, 0.1) is 13.8 Å². The van der Waals surface area contributed by atoms with E-state index in [1.165, 1.54) is 29.4 Å². The van der Waals surface area contributed by atoms with E-state index in [9.17, 15) is 4.79 Å². The second-order valence-corrected chi connectivity index (χ2v) is 10.9. The Morgan fingerprint density at radius 3 is 2.51 bits per heavy atom. The second kappa shape index (κ2) is 12.5. The Bertz CT molecular complexity index is 1390. The molecule has 41 heavy (non-hydrogen) atoms. The van der Waals surface area contributed by atoms with Crippen molar-refractivity contribution in [2.75, 3.05) is 40.1 Å². The summed E-state index contributed by atoms with van der Waals surface area (Å²) in [6.07, 6.45) is 1.06. The van der Waals surface area contributed by atoms with Crippen LogP contribution < -0.4 is 14.2 Å². The molecule has 2 aliphatic rings. The summed E-state index contributed by atoms with van der Waals surface area (Å²) >= 11 is 0. The van der Waals surface area contributed by atoms with Crippen molar-refractivity contribution in [1.82, 2.24) is 0 Å². The monoisotopic (exact) mass is 560 g/mol. The number of esters is 1. The molecule has 0 radical (unpaired) electrons. The van der Waals surface area contributed by atoms with E-state index >= 15 is 0 Å². The fourth-order valence-electron chi connectivity index (χ4n) is 5.90. The van der Waals surface area contributed by atoms with Gasteiger partial charge in [-0.1, -0.05) is 24.3 Å². The molecule has 2 aliphatic heterocycles. The van der Waals surface area contributed by atoms with Crippen LogP contribution in [0.25, 0.3) is 11.1 Å². The van der Waals surface area contributed by atoms with E-state index in [0.717, 1.165) is 40.4 Å². The molecule has 7 nitrogen and oxygen atoms in total. The molecule has 7 heteroatoms. The molecule has 0 N–H and O–H groups in total. The van der Waals surface area contributed by atoms with Gasteiger partial charge < -0.3 is 28.4 Å². The average Bonchev–Trinajstić information content (AvgIpc) is 3.55. The number of aryl methyl sites for hydroxylation is 1. The highest BCUT2D eigenvalue weighted by molar-refractivity contribution is 5.75. The smallest absolute Gasteiger partial charge is 0.306 e. The maximum atomic E-state index is 11.7.